The molecule has 0 unspecified atom stereocenters. The number of amides is 1. The molecule has 0 saturated heterocycles. The van der Waals surface area contributed by atoms with Crippen molar-refractivity contribution < 1.29 is 9.21 Å². The highest BCUT2D eigenvalue weighted by atomic mass is 35.5. The standard InChI is InChI=1S/C13H9Cl2N5O2/c1-20-3-2-10(19-20)11(21)16-13-18-17-12(22-13)7-4-8(14)6-9(15)5-7/h2-6H,1H3,(H,16,18,21). The lowest BCUT2D eigenvalue weighted by Gasteiger charge is -1.98. The molecule has 2 aromatic heterocycles. The summed E-state index contributed by atoms with van der Waals surface area (Å²) in [7, 11) is 1.71. The second kappa shape index (κ2) is 5.78. The molecule has 1 aromatic carbocycles. The fourth-order valence-electron chi connectivity index (χ4n) is 1.77. The van der Waals surface area contributed by atoms with Crippen molar-refractivity contribution in [2.45, 2.75) is 0 Å². The number of hydrogen-bond donors (Lipinski definition) is 1. The molecule has 0 bridgehead atoms. The highest BCUT2D eigenvalue weighted by Crippen LogP contribution is 2.27. The lowest BCUT2D eigenvalue weighted by atomic mass is 10.2. The number of anilines is 1. The summed E-state index contributed by atoms with van der Waals surface area (Å²) in [6.07, 6.45) is 1.65. The third-order valence-corrected chi connectivity index (χ3v) is 3.14. The highest BCUT2D eigenvalue weighted by molar-refractivity contribution is 6.35. The zero-order chi connectivity index (χ0) is 15.7. The first-order valence-corrected chi connectivity index (χ1v) is 6.88. The number of carbonyl (C=O) groups excluding carboxylic acids is 1. The fourth-order valence-corrected chi connectivity index (χ4v) is 2.29. The van der Waals surface area contributed by atoms with E-state index in [0.717, 1.165) is 0 Å². The Kier molecular flexibility index (Phi) is 3.82. The van der Waals surface area contributed by atoms with Gasteiger partial charge in [0.05, 0.1) is 0 Å². The molecule has 0 aliphatic heterocycles. The van der Waals surface area contributed by atoms with Crippen LogP contribution in [0.25, 0.3) is 11.5 Å². The number of aromatic nitrogens is 4. The molecule has 22 heavy (non-hydrogen) atoms. The Balaban J connectivity index is 1.80. The van der Waals surface area contributed by atoms with Crippen LogP contribution < -0.4 is 5.32 Å². The average molecular weight is 338 g/mol. The van der Waals surface area contributed by atoms with Crippen molar-refractivity contribution in [2.75, 3.05) is 5.32 Å². The Morgan fingerprint density at radius 3 is 2.59 bits per heavy atom. The van der Waals surface area contributed by atoms with E-state index in [1.54, 1.807) is 37.5 Å². The first kappa shape index (κ1) is 14.6. The van der Waals surface area contributed by atoms with E-state index in [1.807, 2.05) is 0 Å². The van der Waals surface area contributed by atoms with E-state index in [1.165, 1.54) is 4.68 Å². The smallest absolute Gasteiger partial charge is 0.322 e. The largest absolute Gasteiger partial charge is 0.403 e. The molecule has 1 amide bonds. The van der Waals surface area contributed by atoms with Gasteiger partial charge < -0.3 is 4.42 Å². The van der Waals surface area contributed by atoms with Crippen molar-refractivity contribution in [1.29, 1.82) is 0 Å². The number of benzene rings is 1. The minimum absolute atomic E-state index is 0.0400. The predicted octanol–water partition coefficient (Wildman–Crippen LogP) is 3.03. The second-order valence-electron chi connectivity index (χ2n) is 4.40. The van der Waals surface area contributed by atoms with Crippen LogP contribution >= 0.6 is 23.2 Å². The third-order valence-electron chi connectivity index (χ3n) is 2.70. The first-order valence-electron chi connectivity index (χ1n) is 6.12. The maximum atomic E-state index is 11.9. The van der Waals surface area contributed by atoms with Gasteiger partial charge in [0.2, 0.25) is 5.89 Å². The number of carbonyl (C=O) groups is 1. The van der Waals surface area contributed by atoms with Crippen LogP contribution in [-0.2, 0) is 7.05 Å². The van der Waals surface area contributed by atoms with Gasteiger partial charge in [-0.1, -0.05) is 28.3 Å². The number of halogens is 2. The van der Waals surface area contributed by atoms with Gasteiger partial charge in [-0.25, -0.2) is 0 Å². The molecule has 9 heteroatoms. The molecule has 0 saturated carbocycles. The Bertz CT molecular complexity index is 822. The van der Waals surface area contributed by atoms with Crippen LogP contribution in [0.3, 0.4) is 0 Å². The topological polar surface area (TPSA) is 85.8 Å². The number of nitrogens with zero attached hydrogens (tertiary/aromatic N) is 4. The van der Waals surface area contributed by atoms with Gasteiger partial charge >= 0.3 is 6.01 Å². The lowest BCUT2D eigenvalue weighted by Crippen LogP contribution is -2.13. The van der Waals surface area contributed by atoms with Crippen LogP contribution in [0.1, 0.15) is 10.5 Å². The van der Waals surface area contributed by atoms with Crippen molar-refractivity contribution in [2.24, 2.45) is 7.05 Å². The van der Waals surface area contributed by atoms with Crippen molar-refractivity contribution in [3.63, 3.8) is 0 Å². The molecule has 7 nitrogen and oxygen atoms in total. The van der Waals surface area contributed by atoms with E-state index in [0.29, 0.717) is 15.6 Å². The summed E-state index contributed by atoms with van der Waals surface area (Å²) in [6, 6.07) is 6.38. The Morgan fingerprint density at radius 2 is 1.95 bits per heavy atom. The van der Waals surface area contributed by atoms with Gasteiger partial charge in [0, 0.05) is 28.9 Å². The van der Waals surface area contributed by atoms with E-state index >= 15 is 0 Å². The van der Waals surface area contributed by atoms with Gasteiger partial charge in [-0.3, -0.25) is 14.8 Å². The van der Waals surface area contributed by atoms with Gasteiger partial charge in [0.15, 0.2) is 5.69 Å². The van der Waals surface area contributed by atoms with Gasteiger partial charge in [0.1, 0.15) is 0 Å². The summed E-state index contributed by atoms with van der Waals surface area (Å²) in [4.78, 5) is 11.9. The van der Waals surface area contributed by atoms with Gasteiger partial charge in [-0.2, -0.15) is 5.10 Å². The zero-order valence-electron chi connectivity index (χ0n) is 11.2. The van der Waals surface area contributed by atoms with Crippen molar-refractivity contribution >= 4 is 35.1 Å². The molecule has 0 radical (unpaired) electrons. The summed E-state index contributed by atoms with van der Waals surface area (Å²) in [6.45, 7) is 0. The quantitative estimate of drug-likeness (QED) is 0.793. The minimum Gasteiger partial charge on any atom is -0.403 e. The van der Waals surface area contributed by atoms with E-state index in [2.05, 4.69) is 20.6 Å². The summed E-state index contributed by atoms with van der Waals surface area (Å²) in [5.41, 5.74) is 0.802. The number of rotatable bonds is 3. The van der Waals surface area contributed by atoms with E-state index in [4.69, 9.17) is 27.6 Å². The van der Waals surface area contributed by atoms with Crippen molar-refractivity contribution in [1.82, 2.24) is 20.0 Å². The Morgan fingerprint density at radius 1 is 1.23 bits per heavy atom. The Hall–Kier alpha value is -2.38. The average Bonchev–Trinajstić information content (AvgIpc) is 3.06. The van der Waals surface area contributed by atoms with E-state index < -0.39 is 5.91 Å². The minimum atomic E-state index is -0.445. The molecule has 3 aromatic rings. The number of hydrogen-bond acceptors (Lipinski definition) is 5. The molecule has 3 rings (SSSR count). The second-order valence-corrected chi connectivity index (χ2v) is 5.27. The third kappa shape index (κ3) is 3.10. The molecule has 112 valence electrons. The van der Waals surface area contributed by atoms with Crippen LogP contribution in [-0.4, -0.2) is 25.9 Å². The summed E-state index contributed by atoms with van der Waals surface area (Å²) in [5.74, 6) is -0.249. The van der Waals surface area contributed by atoms with Crippen LogP contribution in [0.4, 0.5) is 6.01 Å². The van der Waals surface area contributed by atoms with E-state index in [9.17, 15) is 4.79 Å². The van der Waals surface area contributed by atoms with Gasteiger partial charge in [-0.05, 0) is 24.3 Å². The SMILES string of the molecule is Cn1ccc(C(=O)Nc2nnc(-c3cc(Cl)cc(Cl)c3)o2)n1. The summed E-state index contributed by atoms with van der Waals surface area (Å²) in [5, 5.41) is 14.9. The molecule has 0 aliphatic carbocycles. The van der Waals surface area contributed by atoms with Crippen LogP contribution in [0.5, 0.6) is 0 Å². The molecule has 0 spiro atoms. The van der Waals surface area contributed by atoms with Crippen LogP contribution in [0, 0.1) is 0 Å². The maximum absolute atomic E-state index is 11.9. The number of aryl methyl sites for hydroxylation is 1. The molecular weight excluding hydrogens is 329 g/mol. The molecular formula is C13H9Cl2N5O2. The van der Waals surface area contributed by atoms with Gasteiger partial charge in [-0.15, -0.1) is 5.10 Å². The first-order chi connectivity index (χ1) is 10.5. The van der Waals surface area contributed by atoms with Crippen molar-refractivity contribution in [3.8, 4) is 11.5 Å². The number of nitrogens with one attached hydrogen (secondary N) is 1. The van der Waals surface area contributed by atoms with Crippen molar-refractivity contribution in [3.05, 3.63) is 46.2 Å². The molecule has 1 N–H and O–H groups in total. The van der Waals surface area contributed by atoms with Crippen LogP contribution in [0.15, 0.2) is 34.9 Å². The van der Waals surface area contributed by atoms with E-state index in [-0.39, 0.29) is 17.6 Å². The molecule has 0 fully saturated rings. The lowest BCUT2D eigenvalue weighted by molar-refractivity contribution is 0.101. The summed E-state index contributed by atoms with van der Waals surface area (Å²) < 4.78 is 6.89. The molecule has 2 heterocycles. The molecule has 0 atom stereocenters. The normalized spacial score (nSPS) is 10.7. The van der Waals surface area contributed by atoms with Gasteiger partial charge in [0.25, 0.3) is 5.91 Å². The molecule has 0 aliphatic rings. The zero-order valence-corrected chi connectivity index (χ0v) is 12.8. The maximum Gasteiger partial charge on any atom is 0.322 e. The highest BCUT2D eigenvalue weighted by Gasteiger charge is 2.15. The van der Waals surface area contributed by atoms with Crippen LogP contribution in [0.2, 0.25) is 10.0 Å². The predicted molar refractivity (Wildman–Crippen MR) is 80.9 cm³/mol. The summed E-state index contributed by atoms with van der Waals surface area (Å²) >= 11 is 11.8. The monoisotopic (exact) mass is 337 g/mol. The Labute approximate surface area is 134 Å². The fraction of sp³-hybridized carbons (Fsp3) is 0.0769.